The van der Waals surface area contributed by atoms with Crippen LogP contribution in [0.4, 0.5) is 10.5 Å². The number of carbonyl (C=O) groups excluding carboxylic acids is 2. The molecule has 0 N–H and O–H groups in total. The summed E-state index contributed by atoms with van der Waals surface area (Å²) in [6, 6.07) is 7.26. The van der Waals surface area contributed by atoms with E-state index in [2.05, 4.69) is 15.9 Å². The number of alkyl halides is 1. The molecule has 1 aliphatic heterocycles. The Labute approximate surface area is 114 Å². The molecule has 4 nitrogen and oxygen atoms in total. The molecule has 0 spiro atoms. The molecular formula is C13H14BrNO3. The van der Waals surface area contributed by atoms with E-state index in [4.69, 9.17) is 4.74 Å². The van der Waals surface area contributed by atoms with E-state index in [0.717, 1.165) is 10.5 Å². The topological polar surface area (TPSA) is 46.6 Å². The third kappa shape index (κ3) is 1.73. The van der Waals surface area contributed by atoms with Crippen LogP contribution in [0.15, 0.2) is 24.3 Å². The van der Waals surface area contributed by atoms with Crippen molar-refractivity contribution in [2.24, 2.45) is 0 Å². The largest absolute Gasteiger partial charge is 0.449 e. The van der Waals surface area contributed by atoms with Gasteiger partial charge in [0.1, 0.15) is 4.32 Å². The van der Waals surface area contributed by atoms with Crippen molar-refractivity contribution < 1.29 is 14.3 Å². The molecule has 18 heavy (non-hydrogen) atoms. The molecule has 2 rings (SSSR count). The van der Waals surface area contributed by atoms with Crippen LogP contribution in [0, 0.1) is 0 Å². The maximum atomic E-state index is 12.4. The highest BCUT2D eigenvalue weighted by Crippen LogP contribution is 2.48. The monoisotopic (exact) mass is 311 g/mol. The smallest absolute Gasteiger partial charge is 0.421 e. The van der Waals surface area contributed by atoms with Crippen LogP contribution in [-0.2, 0) is 13.9 Å². The van der Waals surface area contributed by atoms with Crippen molar-refractivity contribution in [2.75, 3.05) is 11.5 Å². The summed E-state index contributed by atoms with van der Waals surface area (Å²) >= 11 is 3.47. The predicted molar refractivity (Wildman–Crippen MR) is 71.8 cm³/mol. The summed E-state index contributed by atoms with van der Waals surface area (Å²) in [6.07, 6.45) is -0.0524. The molecule has 1 aliphatic rings. The van der Waals surface area contributed by atoms with Gasteiger partial charge in [-0.25, -0.2) is 9.69 Å². The molecule has 1 aromatic rings. The minimum absolute atomic E-state index is 0.242. The number of ether oxygens (including phenoxy) is 1. The summed E-state index contributed by atoms with van der Waals surface area (Å²) in [7, 11) is 0. The molecule has 1 atom stereocenters. The minimum Gasteiger partial charge on any atom is -0.449 e. The first-order chi connectivity index (χ1) is 8.56. The second kappa shape index (κ2) is 4.72. The van der Waals surface area contributed by atoms with Crippen molar-refractivity contribution in [3.05, 3.63) is 29.8 Å². The molecule has 2 amide bonds. The average molecular weight is 312 g/mol. The number of nitrogens with zero attached hydrogens (tertiary/aromatic N) is 1. The van der Waals surface area contributed by atoms with Crippen LogP contribution in [0.25, 0.3) is 0 Å². The van der Waals surface area contributed by atoms with Crippen LogP contribution < -0.4 is 4.90 Å². The quantitative estimate of drug-likeness (QED) is 0.788. The summed E-state index contributed by atoms with van der Waals surface area (Å²) in [5.41, 5.74) is 1.41. The van der Waals surface area contributed by atoms with Crippen LogP contribution in [0.2, 0.25) is 0 Å². The number of imide groups is 1. The molecule has 0 fully saturated rings. The lowest BCUT2D eigenvalue weighted by Gasteiger charge is -2.19. The van der Waals surface area contributed by atoms with Crippen LogP contribution in [-0.4, -0.2) is 18.6 Å². The number of hydrogen-bond acceptors (Lipinski definition) is 3. The van der Waals surface area contributed by atoms with Gasteiger partial charge in [0.05, 0.1) is 12.3 Å². The standard InChI is InChI=1S/C13H14BrNO3/c1-3-13(14)9-7-5-6-8-10(9)15(11(13)16)12(17)18-4-2/h5-8H,3-4H2,1-2H3. The first-order valence-corrected chi connectivity index (χ1v) is 6.65. The highest BCUT2D eigenvalue weighted by molar-refractivity contribution is 9.10. The summed E-state index contributed by atoms with van der Waals surface area (Å²) in [6.45, 7) is 3.86. The summed E-state index contributed by atoms with van der Waals surface area (Å²) < 4.78 is 4.11. The number of benzene rings is 1. The van der Waals surface area contributed by atoms with Crippen LogP contribution in [0.1, 0.15) is 25.8 Å². The average Bonchev–Trinajstić information content (AvgIpc) is 2.60. The van der Waals surface area contributed by atoms with E-state index in [1.54, 1.807) is 19.1 Å². The fraction of sp³-hybridized carbons (Fsp3) is 0.385. The van der Waals surface area contributed by atoms with Gasteiger partial charge in [0.25, 0.3) is 5.91 Å². The highest BCUT2D eigenvalue weighted by atomic mass is 79.9. The molecule has 1 heterocycles. The zero-order chi connectivity index (χ0) is 13.3. The van der Waals surface area contributed by atoms with Gasteiger partial charge in [0.2, 0.25) is 0 Å². The Hall–Kier alpha value is -1.36. The van der Waals surface area contributed by atoms with Gasteiger partial charge in [-0.3, -0.25) is 4.79 Å². The van der Waals surface area contributed by atoms with E-state index in [1.165, 1.54) is 0 Å². The Morgan fingerprint density at radius 3 is 2.67 bits per heavy atom. The van der Waals surface area contributed by atoms with Crippen molar-refractivity contribution in [1.82, 2.24) is 0 Å². The van der Waals surface area contributed by atoms with Gasteiger partial charge < -0.3 is 4.74 Å². The Bertz CT molecular complexity index is 503. The van der Waals surface area contributed by atoms with Gasteiger partial charge in [-0.05, 0) is 19.4 Å². The van der Waals surface area contributed by atoms with Gasteiger partial charge in [0.15, 0.2) is 0 Å². The van der Waals surface area contributed by atoms with E-state index in [0.29, 0.717) is 12.1 Å². The molecule has 0 saturated heterocycles. The first kappa shape index (κ1) is 13.1. The lowest BCUT2D eigenvalue weighted by atomic mass is 9.98. The summed E-state index contributed by atoms with van der Waals surface area (Å²) in [4.78, 5) is 25.4. The zero-order valence-corrected chi connectivity index (χ0v) is 11.9. The third-order valence-electron chi connectivity index (χ3n) is 3.05. The summed E-state index contributed by atoms with van der Waals surface area (Å²) in [5.74, 6) is -0.287. The van der Waals surface area contributed by atoms with Crippen LogP contribution in [0.3, 0.4) is 0 Å². The van der Waals surface area contributed by atoms with Crippen molar-refractivity contribution in [3.8, 4) is 0 Å². The van der Waals surface area contributed by atoms with Gasteiger partial charge in [0, 0.05) is 5.56 Å². The van der Waals surface area contributed by atoms with E-state index in [1.807, 2.05) is 19.1 Å². The number of hydrogen-bond donors (Lipinski definition) is 0. The molecule has 0 radical (unpaired) electrons. The first-order valence-electron chi connectivity index (χ1n) is 5.86. The lowest BCUT2D eigenvalue weighted by molar-refractivity contribution is -0.119. The van der Waals surface area contributed by atoms with E-state index < -0.39 is 10.4 Å². The van der Waals surface area contributed by atoms with E-state index in [9.17, 15) is 9.59 Å². The SMILES string of the molecule is CCOC(=O)N1C(=O)C(Br)(CC)c2ccccc21. The minimum atomic E-state index is -0.823. The van der Waals surface area contributed by atoms with Crippen molar-refractivity contribution in [3.63, 3.8) is 0 Å². The molecule has 1 aromatic carbocycles. The highest BCUT2D eigenvalue weighted by Gasteiger charge is 2.50. The number of carbonyl (C=O) groups is 2. The number of amides is 2. The predicted octanol–water partition coefficient (Wildman–Crippen LogP) is 3.19. The lowest BCUT2D eigenvalue weighted by Crippen LogP contribution is -2.40. The molecule has 5 heteroatoms. The number of anilines is 1. The Balaban J connectivity index is 2.52. The second-order valence-electron chi connectivity index (χ2n) is 4.01. The van der Waals surface area contributed by atoms with Crippen molar-refractivity contribution in [2.45, 2.75) is 24.6 Å². The third-order valence-corrected chi connectivity index (χ3v) is 4.38. The number of para-hydroxylation sites is 1. The molecule has 96 valence electrons. The molecule has 1 unspecified atom stereocenters. The zero-order valence-electron chi connectivity index (χ0n) is 10.3. The summed E-state index contributed by atoms with van der Waals surface area (Å²) in [5, 5.41) is 0. The number of rotatable bonds is 2. The van der Waals surface area contributed by atoms with Crippen LogP contribution >= 0.6 is 15.9 Å². The molecule has 0 aliphatic carbocycles. The number of fused-ring (bicyclic) bond motifs is 1. The van der Waals surface area contributed by atoms with Crippen molar-refractivity contribution in [1.29, 1.82) is 0 Å². The van der Waals surface area contributed by atoms with Crippen molar-refractivity contribution >= 4 is 33.6 Å². The molecule has 0 saturated carbocycles. The molecule has 0 aromatic heterocycles. The maximum Gasteiger partial charge on any atom is 0.421 e. The Morgan fingerprint density at radius 1 is 1.39 bits per heavy atom. The Kier molecular flexibility index (Phi) is 3.43. The maximum absolute atomic E-state index is 12.4. The second-order valence-corrected chi connectivity index (χ2v) is 5.37. The number of halogens is 1. The van der Waals surface area contributed by atoms with Crippen LogP contribution in [0.5, 0.6) is 0 Å². The van der Waals surface area contributed by atoms with Gasteiger partial charge in [-0.1, -0.05) is 41.1 Å². The molecular weight excluding hydrogens is 298 g/mol. The van der Waals surface area contributed by atoms with Gasteiger partial charge in [-0.2, -0.15) is 0 Å². The Morgan fingerprint density at radius 2 is 2.06 bits per heavy atom. The van der Waals surface area contributed by atoms with Gasteiger partial charge in [-0.15, -0.1) is 0 Å². The fourth-order valence-corrected chi connectivity index (χ4v) is 2.63. The fourth-order valence-electron chi connectivity index (χ4n) is 2.12. The van der Waals surface area contributed by atoms with E-state index in [-0.39, 0.29) is 12.5 Å². The van der Waals surface area contributed by atoms with Gasteiger partial charge >= 0.3 is 6.09 Å². The normalized spacial score (nSPS) is 21.9. The van der Waals surface area contributed by atoms with E-state index >= 15 is 0 Å². The molecule has 0 bridgehead atoms.